The molecule has 0 radical (unpaired) electrons. The Balaban J connectivity index is 2.71. The molecule has 0 bridgehead atoms. The van der Waals surface area contributed by atoms with Crippen molar-refractivity contribution in [2.45, 2.75) is 33.7 Å². The Bertz CT molecular complexity index is 350. The predicted molar refractivity (Wildman–Crippen MR) is 73.7 cm³/mol. The van der Waals surface area contributed by atoms with Crippen molar-refractivity contribution < 1.29 is 4.74 Å². The number of nitrogens with two attached hydrogens (primary N) is 1. The quantitative estimate of drug-likeness (QED) is 0.798. The Hall–Kier alpha value is -1.22. The minimum absolute atomic E-state index is 0.157. The molecule has 0 amide bonds. The van der Waals surface area contributed by atoms with Crippen LogP contribution in [0.4, 0.5) is 5.69 Å². The van der Waals surface area contributed by atoms with Gasteiger partial charge in [0, 0.05) is 12.6 Å². The van der Waals surface area contributed by atoms with Gasteiger partial charge in [-0.1, -0.05) is 19.9 Å². The van der Waals surface area contributed by atoms with Gasteiger partial charge in [0.2, 0.25) is 0 Å². The van der Waals surface area contributed by atoms with Crippen molar-refractivity contribution >= 4 is 5.69 Å². The van der Waals surface area contributed by atoms with Crippen LogP contribution < -0.4 is 15.8 Å². The molecule has 1 aromatic carbocycles. The van der Waals surface area contributed by atoms with E-state index < -0.39 is 0 Å². The predicted octanol–water partition coefficient (Wildman–Crippen LogP) is 2.79. The van der Waals surface area contributed by atoms with E-state index in [0.717, 1.165) is 18.0 Å². The molecule has 0 fully saturated rings. The van der Waals surface area contributed by atoms with Gasteiger partial charge < -0.3 is 15.8 Å². The molecule has 3 N–H and O–H groups in total. The zero-order valence-corrected chi connectivity index (χ0v) is 11.3. The fourth-order valence-corrected chi connectivity index (χ4v) is 1.53. The maximum Gasteiger partial charge on any atom is 0.142 e. The molecule has 0 aliphatic rings. The smallest absolute Gasteiger partial charge is 0.142 e. The third-order valence-corrected chi connectivity index (χ3v) is 2.82. The average Bonchev–Trinajstić information content (AvgIpc) is 2.29. The van der Waals surface area contributed by atoms with Crippen molar-refractivity contribution in [1.82, 2.24) is 0 Å². The lowest BCUT2D eigenvalue weighted by Crippen LogP contribution is -2.34. The third-order valence-electron chi connectivity index (χ3n) is 2.82. The van der Waals surface area contributed by atoms with E-state index in [4.69, 9.17) is 10.5 Å². The molecule has 0 saturated carbocycles. The van der Waals surface area contributed by atoms with Gasteiger partial charge in [-0.3, -0.25) is 0 Å². The van der Waals surface area contributed by atoms with Crippen molar-refractivity contribution in [1.29, 1.82) is 0 Å². The summed E-state index contributed by atoms with van der Waals surface area (Å²) in [5, 5.41) is 3.37. The topological polar surface area (TPSA) is 47.3 Å². The molecular weight excluding hydrogens is 212 g/mol. The van der Waals surface area contributed by atoms with Crippen LogP contribution in [0.1, 0.15) is 26.3 Å². The van der Waals surface area contributed by atoms with Crippen LogP contribution in [0.15, 0.2) is 18.2 Å². The zero-order valence-electron chi connectivity index (χ0n) is 11.3. The summed E-state index contributed by atoms with van der Waals surface area (Å²) < 4.78 is 5.58. The highest BCUT2D eigenvalue weighted by molar-refractivity contribution is 5.58. The van der Waals surface area contributed by atoms with Gasteiger partial charge in [-0.25, -0.2) is 0 Å². The molecule has 0 aliphatic heterocycles. The summed E-state index contributed by atoms with van der Waals surface area (Å²) in [7, 11) is 0. The summed E-state index contributed by atoms with van der Waals surface area (Å²) in [6, 6.07) is 6.31. The zero-order chi connectivity index (χ0) is 12.8. The maximum absolute atomic E-state index is 6.02. The summed E-state index contributed by atoms with van der Waals surface area (Å²) in [5.74, 6) is 1.37. The second kappa shape index (κ2) is 6.50. The monoisotopic (exact) mass is 236 g/mol. The number of ether oxygens (including phenoxy) is 1. The molecule has 3 heteroatoms. The van der Waals surface area contributed by atoms with E-state index in [9.17, 15) is 0 Å². The normalized spacial score (nSPS) is 12.6. The number of benzene rings is 1. The molecule has 0 heterocycles. The number of aryl methyl sites for hydroxylation is 1. The first-order valence-corrected chi connectivity index (χ1v) is 6.27. The first kappa shape index (κ1) is 13.8. The van der Waals surface area contributed by atoms with Crippen molar-refractivity contribution in [3.05, 3.63) is 23.8 Å². The number of rotatable bonds is 6. The van der Waals surface area contributed by atoms with Crippen LogP contribution in [0.25, 0.3) is 0 Å². The van der Waals surface area contributed by atoms with Crippen LogP contribution >= 0.6 is 0 Å². The Morgan fingerprint density at radius 3 is 2.65 bits per heavy atom. The van der Waals surface area contributed by atoms with Crippen LogP contribution in [0.3, 0.4) is 0 Å². The van der Waals surface area contributed by atoms with E-state index in [-0.39, 0.29) is 6.04 Å². The highest BCUT2D eigenvalue weighted by atomic mass is 16.5. The first-order chi connectivity index (χ1) is 8.04. The van der Waals surface area contributed by atoms with Crippen molar-refractivity contribution in [3.8, 4) is 5.75 Å². The highest BCUT2D eigenvalue weighted by Gasteiger charge is 2.09. The van der Waals surface area contributed by atoms with E-state index >= 15 is 0 Å². The summed E-state index contributed by atoms with van der Waals surface area (Å²) in [6.07, 6.45) is 0. The van der Waals surface area contributed by atoms with Gasteiger partial charge in [0.25, 0.3) is 0 Å². The van der Waals surface area contributed by atoms with Gasteiger partial charge in [0.1, 0.15) is 5.75 Å². The lowest BCUT2D eigenvalue weighted by atomic mass is 10.1. The Morgan fingerprint density at radius 1 is 1.35 bits per heavy atom. The van der Waals surface area contributed by atoms with E-state index in [0.29, 0.717) is 12.5 Å². The molecule has 1 aromatic rings. The van der Waals surface area contributed by atoms with Gasteiger partial charge >= 0.3 is 0 Å². The Kier molecular flexibility index (Phi) is 5.29. The molecule has 0 aromatic heterocycles. The molecule has 1 atom stereocenters. The summed E-state index contributed by atoms with van der Waals surface area (Å²) >= 11 is 0. The van der Waals surface area contributed by atoms with Crippen LogP contribution in [0, 0.1) is 12.8 Å². The fourth-order valence-electron chi connectivity index (χ4n) is 1.53. The van der Waals surface area contributed by atoms with Crippen molar-refractivity contribution in [3.63, 3.8) is 0 Å². The van der Waals surface area contributed by atoms with Crippen LogP contribution in [-0.2, 0) is 0 Å². The number of anilines is 1. The molecule has 17 heavy (non-hydrogen) atoms. The van der Waals surface area contributed by atoms with Gasteiger partial charge in [-0.05, 0) is 37.5 Å². The fraction of sp³-hybridized carbons (Fsp3) is 0.571. The van der Waals surface area contributed by atoms with Crippen molar-refractivity contribution in [2.75, 3.05) is 18.5 Å². The Labute approximate surface area is 104 Å². The molecular formula is C14H24N2O. The lowest BCUT2D eigenvalue weighted by Gasteiger charge is -2.19. The summed E-state index contributed by atoms with van der Waals surface area (Å²) in [4.78, 5) is 0. The van der Waals surface area contributed by atoms with E-state index in [1.165, 1.54) is 5.56 Å². The molecule has 96 valence electrons. The molecule has 3 nitrogen and oxygen atoms in total. The minimum atomic E-state index is 0.157. The highest BCUT2D eigenvalue weighted by Crippen LogP contribution is 2.25. The second-order valence-electron chi connectivity index (χ2n) is 4.72. The molecule has 0 saturated heterocycles. The summed E-state index contributed by atoms with van der Waals surface area (Å²) in [6.45, 7) is 9.76. The second-order valence-corrected chi connectivity index (χ2v) is 4.72. The van der Waals surface area contributed by atoms with Crippen LogP contribution in [0.5, 0.6) is 5.75 Å². The molecule has 1 unspecified atom stereocenters. The first-order valence-electron chi connectivity index (χ1n) is 6.27. The van der Waals surface area contributed by atoms with Gasteiger partial charge in [-0.2, -0.15) is 0 Å². The number of nitrogens with one attached hydrogen (secondary N) is 1. The van der Waals surface area contributed by atoms with Gasteiger partial charge in [0.15, 0.2) is 0 Å². The van der Waals surface area contributed by atoms with E-state index in [2.05, 4.69) is 38.2 Å². The largest absolute Gasteiger partial charge is 0.492 e. The van der Waals surface area contributed by atoms with Crippen molar-refractivity contribution in [2.24, 2.45) is 11.7 Å². The Morgan fingerprint density at radius 2 is 2.06 bits per heavy atom. The standard InChI is InChI=1S/C14H24N2O/c1-5-17-14-7-6-11(4)8-13(14)16-9-12(15)10(2)3/h6-8,10,12,16H,5,9,15H2,1-4H3. The number of hydrogen-bond acceptors (Lipinski definition) is 3. The summed E-state index contributed by atoms with van der Waals surface area (Å²) in [5.41, 5.74) is 8.27. The molecule has 1 rings (SSSR count). The SMILES string of the molecule is CCOc1ccc(C)cc1NCC(N)C(C)C. The third kappa shape index (κ3) is 4.27. The number of hydrogen-bond donors (Lipinski definition) is 2. The maximum atomic E-state index is 6.02. The van der Waals surface area contributed by atoms with Gasteiger partial charge in [-0.15, -0.1) is 0 Å². The van der Waals surface area contributed by atoms with Gasteiger partial charge in [0.05, 0.1) is 12.3 Å². The molecule has 0 spiro atoms. The van der Waals surface area contributed by atoms with Crippen LogP contribution in [0.2, 0.25) is 0 Å². The molecule has 0 aliphatic carbocycles. The van der Waals surface area contributed by atoms with Crippen LogP contribution in [-0.4, -0.2) is 19.2 Å². The lowest BCUT2D eigenvalue weighted by molar-refractivity contribution is 0.341. The van der Waals surface area contributed by atoms with E-state index in [1.807, 2.05) is 13.0 Å². The average molecular weight is 236 g/mol. The minimum Gasteiger partial charge on any atom is -0.492 e. The van der Waals surface area contributed by atoms with E-state index in [1.54, 1.807) is 0 Å².